The smallest absolute Gasteiger partial charge is 0.137 e. The van der Waals surface area contributed by atoms with Crippen LogP contribution in [0.4, 0.5) is 5.69 Å². The second-order valence-corrected chi connectivity index (χ2v) is 9.46. The van der Waals surface area contributed by atoms with Crippen molar-refractivity contribution in [2.45, 2.75) is 45.4 Å². The topological polar surface area (TPSA) is 60.0 Å². The number of anilines is 1. The SMILES string of the molecule is CCCCN1/C(=C/C=C/C2=CC(=C(C#N)C#N)C=C(C(C)(C)C)O2)Sc2ccccc21. The number of thioether (sulfide) groups is 1. The van der Waals surface area contributed by atoms with Gasteiger partial charge in [0, 0.05) is 22.4 Å². The number of para-hydroxylation sites is 1. The van der Waals surface area contributed by atoms with E-state index in [4.69, 9.17) is 4.74 Å². The van der Waals surface area contributed by atoms with Gasteiger partial charge in [0.05, 0.1) is 10.7 Å². The van der Waals surface area contributed by atoms with Gasteiger partial charge in [-0.05, 0) is 42.9 Å². The van der Waals surface area contributed by atoms with E-state index in [9.17, 15) is 10.5 Å². The number of hydrogen-bond donors (Lipinski definition) is 0. The van der Waals surface area contributed by atoms with Gasteiger partial charge < -0.3 is 9.64 Å². The molecule has 2 aliphatic heterocycles. The summed E-state index contributed by atoms with van der Waals surface area (Å²) in [5, 5.41) is 19.8. The van der Waals surface area contributed by atoms with Crippen molar-refractivity contribution in [1.82, 2.24) is 0 Å². The first-order valence-electron chi connectivity index (χ1n) is 10.5. The molecule has 0 fully saturated rings. The van der Waals surface area contributed by atoms with Gasteiger partial charge in [-0.25, -0.2) is 0 Å². The number of benzene rings is 1. The summed E-state index contributed by atoms with van der Waals surface area (Å²) in [6.07, 6.45) is 11.8. The average molecular weight is 430 g/mol. The van der Waals surface area contributed by atoms with Crippen molar-refractivity contribution in [2.75, 3.05) is 11.4 Å². The fourth-order valence-corrected chi connectivity index (χ4v) is 4.32. The summed E-state index contributed by atoms with van der Waals surface area (Å²) < 4.78 is 6.07. The molecule has 31 heavy (non-hydrogen) atoms. The predicted octanol–water partition coefficient (Wildman–Crippen LogP) is 6.98. The zero-order valence-electron chi connectivity index (χ0n) is 18.5. The van der Waals surface area contributed by atoms with Crippen LogP contribution in [0.3, 0.4) is 0 Å². The first-order valence-corrected chi connectivity index (χ1v) is 11.3. The highest BCUT2D eigenvalue weighted by atomic mass is 32.2. The standard InChI is InChI=1S/C26H27N3OS/c1-5-6-14-29-22-11-7-8-12-23(22)31-25(29)13-9-10-21-15-19(20(17-27)18-28)16-24(30-21)26(2,3)4/h7-13,15-16H,5-6,14H2,1-4H3/b10-9+,25-13-. The molecule has 158 valence electrons. The summed E-state index contributed by atoms with van der Waals surface area (Å²) in [5.74, 6) is 1.34. The Labute approximate surface area is 189 Å². The molecule has 0 unspecified atom stereocenters. The molecule has 0 amide bonds. The van der Waals surface area contributed by atoms with Gasteiger partial charge in [0.2, 0.25) is 0 Å². The normalized spacial score (nSPS) is 17.0. The van der Waals surface area contributed by atoms with Crippen molar-refractivity contribution in [2.24, 2.45) is 5.41 Å². The third-order valence-electron chi connectivity index (χ3n) is 4.93. The second-order valence-electron chi connectivity index (χ2n) is 8.40. The molecule has 2 aliphatic rings. The molecule has 3 rings (SSSR count). The van der Waals surface area contributed by atoms with Crippen LogP contribution in [0.15, 0.2) is 87.2 Å². The monoisotopic (exact) mass is 429 g/mol. The molecule has 0 atom stereocenters. The molecular formula is C26H27N3OS. The summed E-state index contributed by atoms with van der Waals surface area (Å²) in [4.78, 5) is 3.63. The molecule has 0 saturated carbocycles. The molecule has 1 aromatic rings. The molecule has 0 N–H and O–H groups in total. The summed E-state index contributed by atoms with van der Waals surface area (Å²) in [7, 11) is 0. The highest BCUT2D eigenvalue weighted by Crippen LogP contribution is 2.45. The van der Waals surface area contributed by atoms with Crippen LogP contribution in [-0.4, -0.2) is 6.54 Å². The van der Waals surface area contributed by atoms with Crippen molar-refractivity contribution in [1.29, 1.82) is 10.5 Å². The third kappa shape index (κ3) is 5.32. The van der Waals surface area contributed by atoms with Crippen molar-refractivity contribution < 1.29 is 4.74 Å². The summed E-state index contributed by atoms with van der Waals surface area (Å²) >= 11 is 1.77. The fourth-order valence-electron chi connectivity index (χ4n) is 3.22. The molecule has 0 bridgehead atoms. The summed E-state index contributed by atoms with van der Waals surface area (Å²) in [6, 6.07) is 12.4. The van der Waals surface area contributed by atoms with E-state index in [0.29, 0.717) is 11.3 Å². The lowest BCUT2D eigenvalue weighted by Crippen LogP contribution is -2.18. The Morgan fingerprint density at radius 1 is 1.16 bits per heavy atom. The zero-order chi connectivity index (χ0) is 22.4. The van der Waals surface area contributed by atoms with Crippen LogP contribution in [-0.2, 0) is 4.74 Å². The molecule has 1 aromatic carbocycles. The van der Waals surface area contributed by atoms with Crippen LogP contribution < -0.4 is 4.90 Å². The molecule has 4 nitrogen and oxygen atoms in total. The fraction of sp³-hybridized carbons (Fsp3) is 0.308. The van der Waals surface area contributed by atoms with Crippen LogP contribution in [0.5, 0.6) is 0 Å². The number of allylic oxidation sites excluding steroid dienone is 8. The van der Waals surface area contributed by atoms with Crippen LogP contribution in [0.25, 0.3) is 0 Å². The number of ether oxygens (including phenoxy) is 1. The van der Waals surface area contributed by atoms with Crippen LogP contribution in [0.2, 0.25) is 0 Å². The van der Waals surface area contributed by atoms with Crippen molar-refractivity contribution >= 4 is 17.4 Å². The quantitative estimate of drug-likeness (QED) is 0.472. The van der Waals surface area contributed by atoms with Crippen LogP contribution in [0.1, 0.15) is 40.5 Å². The molecule has 5 heteroatoms. The minimum absolute atomic E-state index is 0.0850. The van der Waals surface area contributed by atoms with Gasteiger partial charge >= 0.3 is 0 Å². The van der Waals surface area contributed by atoms with Gasteiger partial charge in [-0.3, -0.25) is 0 Å². The van der Waals surface area contributed by atoms with E-state index >= 15 is 0 Å². The minimum atomic E-state index is -0.243. The number of nitrogens with zero attached hydrogens (tertiary/aromatic N) is 3. The predicted molar refractivity (Wildman–Crippen MR) is 127 cm³/mol. The Morgan fingerprint density at radius 3 is 2.58 bits per heavy atom. The van der Waals surface area contributed by atoms with Gasteiger partial charge in [-0.1, -0.05) is 64.1 Å². The maximum atomic E-state index is 9.29. The van der Waals surface area contributed by atoms with E-state index in [2.05, 4.69) is 42.2 Å². The van der Waals surface area contributed by atoms with Crippen molar-refractivity contribution in [3.63, 3.8) is 0 Å². The molecule has 0 aliphatic carbocycles. The first-order chi connectivity index (χ1) is 14.9. The lowest BCUT2D eigenvalue weighted by molar-refractivity contribution is 0.223. The molecule has 0 radical (unpaired) electrons. The first kappa shape index (κ1) is 22.5. The van der Waals surface area contributed by atoms with E-state index in [1.54, 1.807) is 23.9 Å². The van der Waals surface area contributed by atoms with Gasteiger partial charge in [0.15, 0.2) is 0 Å². The number of nitriles is 2. The second kappa shape index (κ2) is 9.77. The Kier molecular flexibility index (Phi) is 7.10. The Hall–Kier alpha value is -3.15. The summed E-state index contributed by atoms with van der Waals surface area (Å²) in [6.45, 7) is 9.31. The van der Waals surface area contributed by atoms with E-state index in [0.717, 1.165) is 25.1 Å². The molecule has 0 aromatic heterocycles. The minimum Gasteiger partial charge on any atom is -0.461 e. The van der Waals surface area contributed by atoms with Crippen LogP contribution >= 0.6 is 11.8 Å². The van der Waals surface area contributed by atoms with Crippen LogP contribution in [0, 0.1) is 28.1 Å². The summed E-state index contributed by atoms with van der Waals surface area (Å²) in [5.41, 5.74) is 1.68. The maximum Gasteiger partial charge on any atom is 0.137 e. The average Bonchev–Trinajstić information content (AvgIpc) is 3.09. The molecular weight excluding hydrogens is 402 g/mol. The maximum absolute atomic E-state index is 9.29. The van der Waals surface area contributed by atoms with Gasteiger partial charge in [0.25, 0.3) is 0 Å². The highest BCUT2D eigenvalue weighted by Gasteiger charge is 2.25. The van der Waals surface area contributed by atoms with Gasteiger partial charge in [-0.15, -0.1) is 0 Å². The number of hydrogen-bond acceptors (Lipinski definition) is 5. The Morgan fingerprint density at radius 2 is 1.90 bits per heavy atom. The van der Waals surface area contributed by atoms with Crippen molar-refractivity contribution in [3.05, 3.63) is 82.3 Å². The Balaban J connectivity index is 1.88. The van der Waals surface area contributed by atoms with Gasteiger partial charge in [0.1, 0.15) is 29.2 Å². The van der Waals surface area contributed by atoms with Gasteiger partial charge in [-0.2, -0.15) is 10.5 Å². The number of unbranched alkanes of at least 4 members (excludes halogenated alkanes) is 1. The third-order valence-corrected chi connectivity index (χ3v) is 6.07. The lowest BCUT2D eigenvalue weighted by atomic mass is 9.90. The number of rotatable bonds is 5. The zero-order valence-corrected chi connectivity index (χ0v) is 19.3. The molecule has 0 saturated heterocycles. The number of fused-ring (bicyclic) bond motifs is 1. The van der Waals surface area contributed by atoms with E-state index < -0.39 is 0 Å². The molecule has 2 heterocycles. The Bertz CT molecular complexity index is 1070. The largest absolute Gasteiger partial charge is 0.461 e. The van der Waals surface area contributed by atoms with Crippen molar-refractivity contribution in [3.8, 4) is 12.1 Å². The lowest BCUT2D eigenvalue weighted by Gasteiger charge is -2.26. The molecule has 0 spiro atoms. The van der Waals surface area contributed by atoms with E-state index in [1.165, 1.54) is 15.6 Å². The van der Waals surface area contributed by atoms with E-state index in [1.807, 2.05) is 45.1 Å². The highest BCUT2D eigenvalue weighted by molar-refractivity contribution is 8.03. The van der Waals surface area contributed by atoms with E-state index in [-0.39, 0.29) is 11.0 Å².